The van der Waals surface area contributed by atoms with E-state index < -0.39 is 4.92 Å². The second-order valence-electron chi connectivity index (χ2n) is 4.14. The zero-order valence-corrected chi connectivity index (χ0v) is 10.8. The van der Waals surface area contributed by atoms with Gasteiger partial charge in [-0.3, -0.25) is 10.1 Å². The Kier molecular flexibility index (Phi) is 4.84. The fraction of sp³-hybridized carbons (Fsp3) is 0.385. The summed E-state index contributed by atoms with van der Waals surface area (Å²) in [7, 11) is 0. The molecule has 6 nitrogen and oxygen atoms in total. The molecule has 1 aromatic carbocycles. The molecule has 0 fully saturated rings. The summed E-state index contributed by atoms with van der Waals surface area (Å²) in [4.78, 5) is 12.2. The summed E-state index contributed by atoms with van der Waals surface area (Å²) in [6, 6.07) is 8.42. The minimum Gasteiger partial charge on any atom is -0.370 e. The summed E-state index contributed by atoms with van der Waals surface area (Å²) in [6.07, 6.45) is 0. The van der Waals surface area contributed by atoms with Crippen LogP contribution < -0.4 is 4.90 Å². The van der Waals surface area contributed by atoms with Gasteiger partial charge in [-0.2, -0.15) is 10.5 Å². The second-order valence-corrected chi connectivity index (χ2v) is 4.14. The molecule has 6 heteroatoms. The fourth-order valence-electron chi connectivity index (χ4n) is 1.75. The molecule has 0 bridgehead atoms. The van der Waals surface area contributed by atoms with Crippen molar-refractivity contribution in [3.8, 4) is 12.1 Å². The van der Waals surface area contributed by atoms with E-state index in [0.717, 1.165) is 0 Å². The van der Waals surface area contributed by atoms with E-state index in [-0.39, 0.29) is 17.2 Å². The Hall–Kier alpha value is -2.60. The number of anilines is 1. The van der Waals surface area contributed by atoms with Crippen molar-refractivity contribution in [3.63, 3.8) is 0 Å². The third-order valence-electron chi connectivity index (χ3n) is 2.76. The van der Waals surface area contributed by atoms with Crippen LogP contribution in [0.4, 0.5) is 11.4 Å². The van der Waals surface area contributed by atoms with Crippen LogP contribution in [0.5, 0.6) is 0 Å². The largest absolute Gasteiger partial charge is 0.370 e. The van der Waals surface area contributed by atoms with E-state index in [1.165, 1.54) is 12.1 Å². The van der Waals surface area contributed by atoms with Crippen molar-refractivity contribution in [1.29, 1.82) is 10.5 Å². The van der Waals surface area contributed by atoms with Crippen LogP contribution in [0.3, 0.4) is 0 Å². The molecular formula is C13H14N4O2. The Bertz CT molecular complexity index is 557. The minimum atomic E-state index is -0.566. The molecule has 19 heavy (non-hydrogen) atoms. The van der Waals surface area contributed by atoms with Gasteiger partial charge in [-0.15, -0.1) is 0 Å². The molecule has 1 unspecified atom stereocenters. The molecular weight excluding hydrogens is 244 g/mol. The average molecular weight is 258 g/mol. The first-order valence-electron chi connectivity index (χ1n) is 5.86. The number of nitriles is 2. The van der Waals surface area contributed by atoms with Gasteiger partial charge < -0.3 is 4.90 Å². The summed E-state index contributed by atoms with van der Waals surface area (Å²) < 4.78 is 0. The Balaban J connectivity index is 3.13. The standard InChI is InChI=1S/C13H14N4O2/c1-3-16(9-10(2)7-14)12-5-4-11(8-15)13(6-12)17(18)19/h4-6,10H,3,9H2,1-2H3. The van der Waals surface area contributed by atoms with E-state index in [1.54, 1.807) is 19.1 Å². The summed E-state index contributed by atoms with van der Waals surface area (Å²) in [5.41, 5.74) is 0.483. The zero-order valence-electron chi connectivity index (χ0n) is 10.8. The molecule has 0 spiro atoms. The molecule has 0 saturated heterocycles. The third-order valence-corrected chi connectivity index (χ3v) is 2.76. The fourth-order valence-corrected chi connectivity index (χ4v) is 1.75. The summed E-state index contributed by atoms with van der Waals surface area (Å²) in [6.45, 7) is 4.83. The van der Waals surface area contributed by atoms with Crippen molar-refractivity contribution in [2.24, 2.45) is 5.92 Å². The molecule has 0 saturated carbocycles. The maximum Gasteiger partial charge on any atom is 0.289 e. The van der Waals surface area contributed by atoms with Gasteiger partial charge >= 0.3 is 0 Å². The molecule has 0 aliphatic heterocycles. The van der Waals surface area contributed by atoms with Crippen LogP contribution in [0.2, 0.25) is 0 Å². The van der Waals surface area contributed by atoms with E-state index in [4.69, 9.17) is 10.5 Å². The van der Waals surface area contributed by atoms with Crippen LogP contribution >= 0.6 is 0 Å². The van der Waals surface area contributed by atoms with Crippen molar-refractivity contribution < 1.29 is 4.92 Å². The Morgan fingerprint density at radius 2 is 2.16 bits per heavy atom. The minimum absolute atomic E-state index is 0.0399. The Morgan fingerprint density at radius 3 is 2.63 bits per heavy atom. The predicted molar refractivity (Wildman–Crippen MR) is 70.5 cm³/mol. The summed E-state index contributed by atoms with van der Waals surface area (Å²) in [5.74, 6) is -0.172. The van der Waals surface area contributed by atoms with E-state index in [9.17, 15) is 10.1 Å². The van der Waals surface area contributed by atoms with Gasteiger partial charge in [-0.1, -0.05) is 0 Å². The van der Waals surface area contributed by atoms with Crippen molar-refractivity contribution >= 4 is 11.4 Å². The third kappa shape index (κ3) is 3.43. The number of nitrogens with zero attached hydrogens (tertiary/aromatic N) is 4. The molecule has 1 aromatic rings. The lowest BCUT2D eigenvalue weighted by atomic mass is 10.1. The number of nitro benzene ring substituents is 1. The van der Waals surface area contributed by atoms with Gasteiger partial charge in [-0.25, -0.2) is 0 Å². The van der Waals surface area contributed by atoms with Gasteiger partial charge in [0, 0.05) is 24.8 Å². The van der Waals surface area contributed by atoms with Crippen molar-refractivity contribution in [1.82, 2.24) is 0 Å². The van der Waals surface area contributed by atoms with Gasteiger partial charge in [0.25, 0.3) is 5.69 Å². The van der Waals surface area contributed by atoms with Gasteiger partial charge in [0.15, 0.2) is 0 Å². The number of hydrogen-bond donors (Lipinski definition) is 0. The Morgan fingerprint density at radius 1 is 1.47 bits per heavy atom. The Labute approximate surface area is 111 Å². The first-order valence-corrected chi connectivity index (χ1v) is 5.86. The van der Waals surface area contributed by atoms with Crippen molar-refractivity contribution in [2.75, 3.05) is 18.0 Å². The molecule has 1 rings (SSSR count). The molecule has 1 atom stereocenters. The average Bonchev–Trinajstić information content (AvgIpc) is 2.43. The lowest BCUT2D eigenvalue weighted by Gasteiger charge is -2.24. The van der Waals surface area contributed by atoms with E-state index in [0.29, 0.717) is 18.8 Å². The molecule has 0 aliphatic rings. The van der Waals surface area contributed by atoms with Crippen molar-refractivity contribution in [2.45, 2.75) is 13.8 Å². The van der Waals surface area contributed by atoms with Crippen LogP contribution in [0.25, 0.3) is 0 Å². The predicted octanol–water partition coefficient (Wildman–Crippen LogP) is 2.45. The highest BCUT2D eigenvalue weighted by molar-refractivity contribution is 5.60. The normalized spacial score (nSPS) is 11.2. The highest BCUT2D eigenvalue weighted by Crippen LogP contribution is 2.25. The molecule has 0 aromatic heterocycles. The highest BCUT2D eigenvalue weighted by atomic mass is 16.6. The maximum atomic E-state index is 10.9. The highest BCUT2D eigenvalue weighted by Gasteiger charge is 2.17. The van der Waals surface area contributed by atoms with E-state index >= 15 is 0 Å². The second kappa shape index (κ2) is 6.36. The molecule has 0 heterocycles. The quantitative estimate of drug-likeness (QED) is 0.597. The van der Waals surface area contributed by atoms with Gasteiger partial charge in [-0.05, 0) is 26.0 Å². The number of benzene rings is 1. The smallest absolute Gasteiger partial charge is 0.289 e. The van der Waals surface area contributed by atoms with Crippen LogP contribution in [0.15, 0.2) is 18.2 Å². The molecule has 0 N–H and O–H groups in total. The summed E-state index contributed by atoms with van der Waals surface area (Å²) in [5, 5.41) is 28.6. The van der Waals surface area contributed by atoms with Crippen molar-refractivity contribution in [3.05, 3.63) is 33.9 Å². The molecule has 0 aliphatic carbocycles. The van der Waals surface area contributed by atoms with E-state index in [1.807, 2.05) is 11.8 Å². The first kappa shape index (κ1) is 14.5. The van der Waals surface area contributed by atoms with E-state index in [2.05, 4.69) is 6.07 Å². The molecule has 0 radical (unpaired) electrons. The zero-order chi connectivity index (χ0) is 14.4. The SMILES string of the molecule is CCN(CC(C)C#N)c1ccc(C#N)c([N+](=O)[O-])c1. The maximum absolute atomic E-state index is 10.9. The first-order chi connectivity index (χ1) is 9.03. The molecule has 98 valence electrons. The molecule has 0 amide bonds. The van der Waals surface area contributed by atoms with Gasteiger partial charge in [0.2, 0.25) is 0 Å². The summed E-state index contributed by atoms with van der Waals surface area (Å²) >= 11 is 0. The van der Waals surface area contributed by atoms with Gasteiger partial charge in [0.1, 0.15) is 11.6 Å². The topological polar surface area (TPSA) is 94.0 Å². The van der Waals surface area contributed by atoms with Crippen LogP contribution in [-0.2, 0) is 0 Å². The monoisotopic (exact) mass is 258 g/mol. The lowest BCUT2D eigenvalue weighted by Crippen LogP contribution is -2.27. The number of hydrogen-bond acceptors (Lipinski definition) is 5. The number of rotatable bonds is 5. The van der Waals surface area contributed by atoms with Crippen LogP contribution in [0, 0.1) is 38.7 Å². The number of nitro groups is 1. The van der Waals surface area contributed by atoms with Gasteiger partial charge in [0.05, 0.1) is 16.9 Å². The lowest BCUT2D eigenvalue weighted by molar-refractivity contribution is -0.385. The van der Waals surface area contributed by atoms with Crippen LogP contribution in [0.1, 0.15) is 19.4 Å². The van der Waals surface area contributed by atoms with Crippen LogP contribution in [-0.4, -0.2) is 18.0 Å².